The Bertz CT molecular complexity index is 309. The van der Waals surface area contributed by atoms with E-state index in [1.807, 2.05) is 6.07 Å². The molecule has 0 bridgehead atoms. The highest BCUT2D eigenvalue weighted by Crippen LogP contribution is 2.20. The van der Waals surface area contributed by atoms with E-state index in [4.69, 9.17) is 4.74 Å². The highest BCUT2D eigenvalue weighted by Gasteiger charge is 2.03. The molecule has 1 aromatic rings. The minimum absolute atomic E-state index is 0.396. The molecule has 16 heavy (non-hydrogen) atoms. The Morgan fingerprint density at radius 3 is 2.62 bits per heavy atom. The second-order valence-electron chi connectivity index (χ2n) is 4.50. The van der Waals surface area contributed by atoms with E-state index in [9.17, 15) is 0 Å². The van der Waals surface area contributed by atoms with Gasteiger partial charge in [0.05, 0.1) is 0 Å². The molecule has 90 valence electrons. The van der Waals surface area contributed by atoms with E-state index in [2.05, 4.69) is 51.2 Å². The van der Waals surface area contributed by atoms with Gasteiger partial charge >= 0.3 is 0 Å². The lowest BCUT2D eigenvalue weighted by Crippen LogP contribution is -2.31. The van der Waals surface area contributed by atoms with Crippen LogP contribution < -0.4 is 10.1 Å². The molecule has 0 radical (unpaired) electrons. The molecule has 0 aromatic heterocycles. The van der Waals surface area contributed by atoms with Gasteiger partial charge in [-0.25, -0.2) is 0 Å². The monoisotopic (exact) mass is 221 g/mol. The Hall–Kier alpha value is -1.02. The van der Waals surface area contributed by atoms with Crippen LogP contribution in [0.5, 0.6) is 5.75 Å². The summed E-state index contributed by atoms with van der Waals surface area (Å²) >= 11 is 0. The topological polar surface area (TPSA) is 21.3 Å². The maximum absolute atomic E-state index is 5.75. The number of benzene rings is 1. The molecule has 0 fully saturated rings. The number of likely N-dealkylation sites (N-methyl/N-ethyl adjacent to an activating group) is 1. The molecule has 1 unspecified atom stereocenters. The summed E-state index contributed by atoms with van der Waals surface area (Å²) in [6.07, 6.45) is 0. The normalized spacial score (nSPS) is 12.8. The van der Waals surface area contributed by atoms with Gasteiger partial charge in [0.25, 0.3) is 0 Å². The number of hydrogen-bond donors (Lipinski definition) is 1. The van der Waals surface area contributed by atoms with E-state index < -0.39 is 0 Å². The quantitative estimate of drug-likeness (QED) is 0.796. The van der Waals surface area contributed by atoms with Crippen LogP contribution in [0.1, 0.15) is 39.2 Å². The third kappa shape index (κ3) is 4.23. The molecular weight excluding hydrogens is 198 g/mol. The first-order valence-electron chi connectivity index (χ1n) is 6.09. The molecule has 0 heterocycles. The molecule has 1 rings (SSSR count). The fourth-order valence-electron chi connectivity index (χ4n) is 1.59. The summed E-state index contributed by atoms with van der Waals surface area (Å²) in [6, 6.07) is 8.74. The van der Waals surface area contributed by atoms with Crippen LogP contribution in [0.4, 0.5) is 0 Å². The van der Waals surface area contributed by atoms with E-state index >= 15 is 0 Å². The van der Waals surface area contributed by atoms with Crippen molar-refractivity contribution >= 4 is 0 Å². The van der Waals surface area contributed by atoms with E-state index in [1.54, 1.807) is 0 Å². The van der Waals surface area contributed by atoms with Crippen LogP contribution >= 0.6 is 0 Å². The summed E-state index contributed by atoms with van der Waals surface area (Å²) < 4.78 is 5.75. The zero-order valence-electron chi connectivity index (χ0n) is 10.8. The molecule has 0 aliphatic heterocycles. The molecule has 1 aromatic carbocycles. The van der Waals surface area contributed by atoms with Gasteiger partial charge in [-0.3, -0.25) is 0 Å². The van der Waals surface area contributed by atoms with Gasteiger partial charge in [-0.15, -0.1) is 0 Å². The van der Waals surface area contributed by atoms with Gasteiger partial charge in [0.2, 0.25) is 0 Å². The van der Waals surface area contributed by atoms with E-state index in [0.29, 0.717) is 12.0 Å². The van der Waals surface area contributed by atoms with Gasteiger partial charge in [-0.05, 0) is 37.1 Å². The Labute approximate surface area is 99.0 Å². The Morgan fingerprint density at radius 2 is 2.00 bits per heavy atom. The molecule has 0 aliphatic carbocycles. The molecule has 0 saturated carbocycles. The Balaban J connectivity index is 2.50. The third-order valence-corrected chi connectivity index (χ3v) is 2.58. The van der Waals surface area contributed by atoms with Gasteiger partial charge in [-0.2, -0.15) is 0 Å². The maximum Gasteiger partial charge on any atom is 0.119 e. The minimum Gasteiger partial charge on any atom is -0.492 e. The van der Waals surface area contributed by atoms with Crippen LogP contribution in [0, 0.1) is 0 Å². The van der Waals surface area contributed by atoms with Crippen molar-refractivity contribution in [2.24, 2.45) is 0 Å². The molecule has 0 spiro atoms. The van der Waals surface area contributed by atoms with E-state index in [1.165, 1.54) is 5.56 Å². The lowest BCUT2D eigenvalue weighted by molar-refractivity contribution is 0.275. The van der Waals surface area contributed by atoms with Gasteiger partial charge in [0, 0.05) is 6.04 Å². The predicted molar refractivity (Wildman–Crippen MR) is 69.2 cm³/mol. The van der Waals surface area contributed by atoms with Crippen LogP contribution in [0.15, 0.2) is 24.3 Å². The van der Waals surface area contributed by atoms with Crippen molar-refractivity contribution in [1.82, 2.24) is 5.32 Å². The predicted octanol–water partition coefficient (Wildman–Crippen LogP) is 3.19. The van der Waals surface area contributed by atoms with Crippen molar-refractivity contribution in [3.63, 3.8) is 0 Å². The first-order valence-corrected chi connectivity index (χ1v) is 6.09. The third-order valence-electron chi connectivity index (χ3n) is 2.58. The summed E-state index contributed by atoms with van der Waals surface area (Å²) in [7, 11) is 0. The maximum atomic E-state index is 5.75. The smallest absolute Gasteiger partial charge is 0.119 e. The van der Waals surface area contributed by atoms with Crippen LogP contribution in [-0.4, -0.2) is 19.2 Å². The Kier molecular flexibility index (Phi) is 5.33. The van der Waals surface area contributed by atoms with Crippen molar-refractivity contribution < 1.29 is 4.74 Å². The Morgan fingerprint density at radius 1 is 1.25 bits per heavy atom. The number of rotatable bonds is 6. The summed E-state index contributed by atoms with van der Waals surface area (Å²) in [4.78, 5) is 0. The largest absolute Gasteiger partial charge is 0.492 e. The number of hydrogen-bond acceptors (Lipinski definition) is 2. The standard InChI is InChI=1S/C14H23NO/c1-5-15-12(4)10-16-14-8-6-7-13(9-14)11(2)3/h6-9,11-12,15H,5,10H2,1-4H3. The second-order valence-corrected chi connectivity index (χ2v) is 4.50. The zero-order valence-corrected chi connectivity index (χ0v) is 10.8. The molecule has 1 N–H and O–H groups in total. The van der Waals surface area contributed by atoms with Crippen molar-refractivity contribution in [3.8, 4) is 5.75 Å². The van der Waals surface area contributed by atoms with Crippen LogP contribution in [-0.2, 0) is 0 Å². The number of nitrogens with one attached hydrogen (secondary N) is 1. The van der Waals surface area contributed by atoms with Crippen molar-refractivity contribution in [2.75, 3.05) is 13.2 Å². The highest BCUT2D eigenvalue weighted by molar-refractivity contribution is 5.30. The van der Waals surface area contributed by atoms with Crippen molar-refractivity contribution in [1.29, 1.82) is 0 Å². The molecule has 0 saturated heterocycles. The lowest BCUT2D eigenvalue weighted by Gasteiger charge is -2.14. The summed E-state index contributed by atoms with van der Waals surface area (Å²) in [5, 5.41) is 3.33. The fourth-order valence-corrected chi connectivity index (χ4v) is 1.59. The van der Waals surface area contributed by atoms with Crippen LogP contribution in [0.2, 0.25) is 0 Å². The highest BCUT2D eigenvalue weighted by atomic mass is 16.5. The molecule has 1 atom stereocenters. The molecule has 2 nitrogen and oxygen atoms in total. The minimum atomic E-state index is 0.396. The van der Waals surface area contributed by atoms with Crippen LogP contribution in [0.3, 0.4) is 0 Å². The summed E-state index contributed by atoms with van der Waals surface area (Å²) in [5.74, 6) is 1.52. The fraction of sp³-hybridized carbons (Fsp3) is 0.571. The molecule has 0 aliphatic rings. The first kappa shape index (κ1) is 13.0. The zero-order chi connectivity index (χ0) is 12.0. The van der Waals surface area contributed by atoms with Gasteiger partial charge in [-0.1, -0.05) is 32.9 Å². The number of ether oxygens (including phenoxy) is 1. The SMILES string of the molecule is CCNC(C)COc1cccc(C(C)C)c1. The van der Waals surface area contributed by atoms with Crippen LogP contribution in [0.25, 0.3) is 0 Å². The van der Waals surface area contributed by atoms with Gasteiger partial charge < -0.3 is 10.1 Å². The summed E-state index contributed by atoms with van der Waals surface area (Å²) in [5.41, 5.74) is 1.33. The van der Waals surface area contributed by atoms with Gasteiger partial charge in [0.15, 0.2) is 0 Å². The van der Waals surface area contributed by atoms with E-state index in [0.717, 1.165) is 18.9 Å². The second kappa shape index (κ2) is 6.54. The first-order chi connectivity index (χ1) is 7.63. The average Bonchev–Trinajstić information content (AvgIpc) is 2.27. The molecule has 0 amide bonds. The summed E-state index contributed by atoms with van der Waals surface area (Å²) in [6.45, 7) is 10.3. The average molecular weight is 221 g/mol. The van der Waals surface area contributed by atoms with Gasteiger partial charge in [0.1, 0.15) is 12.4 Å². The molecule has 2 heteroatoms. The van der Waals surface area contributed by atoms with Crippen molar-refractivity contribution in [3.05, 3.63) is 29.8 Å². The molecular formula is C14H23NO. The van der Waals surface area contributed by atoms with Crippen molar-refractivity contribution in [2.45, 2.75) is 39.7 Å². The van der Waals surface area contributed by atoms with E-state index in [-0.39, 0.29) is 0 Å². The lowest BCUT2D eigenvalue weighted by atomic mass is 10.0.